The maximum atomic E-state index is 12.8. The van der Waals surface area contributed by atoms with E-state index < -0.39 is 23.3 Å². The average molecular weight is 264 g/mol. The van der Waals surface area contributed by atoms with Gasteiger partial charge in [-0.15, -0.1) is 11.8 Å². The maximum Gasteiger partial charge on any atom is 0.417 e. The van der Waals surface area contributed by atoms with E-state index in [9.17, 15) is 18.0 Å². The molecule has 1 aliphatic heterocycles. The Kier molecular flexibility index (Phi) is 2.94. The number of aromatic carboxylic acids is 1. The largest absolute Gasteiger partial charge is 0.492 e. The molecule has 0 fully saturated rings. The van der Waals surface area contributed by atoms with Crippen molar-refractivity contribution in [1.29, 1.82) is 0 Å². The topological polar surface area (TPSA) is 46.5 Å². The Bertz CT molecular complexity index is 471. The van der Waals surface area contributed by atoms with Crippen molar-refractivity contribution in [3.05, 3.63) is 23.3 Å². The predicted octanol–water partition coefficient (Wildman–Crippen LogP) is 2.89. The number of hydrogen-bond donors (Lipinski definition) is 1. The summed E-state index contributed by atoms with van der Waals surface area (Å²) in [5, 5.41) is 8.75. The smallest absolute Gasteiger partial charge is 0.417 e. The zero-order valence-electron chi connectivity index (χ0n) is 8.37. The number of carboxylic acid groups (broad SMARTS) is 1. The Balaban J connectivity index is 2.62. The highest BCUT2D eigenvalue weighted by Gasteiger charge is 2.37. The maximum absolute atomic E-state index is 12.8. The molecule has 1 heterocycles. The summed E-state index contributed by atoms with van der Waals surface area (Å²) in [5.41, 5.74) is -1.37. The van der Waals surface area contributed by atoms with Gasteiger partial charge in [0.1, 0.15) is 5.75 Å². The van der Waals surface area contributed by atoms with Gasteiger partial charge in [0.15, 0.2) is 0 Å². The molecule has 0 unspecified atom stereocenters. The molecule has 3 nitrogen and oxygen atoms in total. The first-order chi connectivity index (χ1) is 7.89. The number of alkyl halides is 3. The lowest BCUT2D eigenvalue weighted by molar-refractivity contribution is -0.140. The summed E-state index contributed by atoms with van der Waals surface area (Å²) in [7, 11) is 0. The second-order valence-electron chi connectivity index (χ2n) is 3.35. The van der Waals surface area contributed by atoms with E-state index in [1.54, 1.807) is 0 Å². The molecule has 17 heavy (non-hydrogen) atoms. The second kappa shape index (κ2) is 4.14. The van der Waals surface area contributed by atoms with Gasteiger partial charge in [0, 0.05) is 5.75 Å². The second-order valence-corrected chi connectivity index (χ2v) is 4.46. The lowest BCUT2D eigenvalue weighted by Gasteiger charge is -2.21. The highest BCUT2D eigenvalue weighted by atomic mass is 32.2. The number of benzene rings is 1. The fourth-order valence-electron chi connectivity index (χ4n) is 1.49. The van der Waals surface area contributed by atoms with Gasteiger partial charge in [0.25, 0.3) is 0 Å². The zero-order valence-corrected chi connectivity index (χ0v) is 9.19. The highest BCUT2D eigenvalue weighted by molar-refractivity contribution is 7.99. The first kappa shape index (κ1) is 12.1. The third-order valence-corrected chi connectivity index (χ3v) is 3.28. The van der Waals surface area contributed by atoms with Crippen molar-refractivity contribution in [3.8, 4) is 5.75 Å². The Labute approximate surface area is 98.6 Å². The van der Waals surface area contributed by atoms with Crippen LogP contribution in [-0.4, -0.2) is 23.4 Å². The van der Waals surface area contributed by atoms with E-state index in [1.807, 2.05) is 0 Å². The number of hydrogen-bond acceptors (Lipinski definition) is 3. The van der Waals surface area contributed by atoms with Crippen LogP contribution in [0.2, 0.25) is 0 Å². The van der Waals surface area contributed by atoms with Gasteiger partial charge in [-0.2, -0.15) is 13.2 Å². The molecule has 0 amide bonds. The number of carboxylic acids is 1. The van der Waals surface area contributed by atoms with Crippen LogP contribution >= 0.6 is 11.8 Å². The van der Waals surface area contributed by atoms with Gasteiger partial charge in [-0.25, -0.2) is 4.79 Å². The molecule has 1 aliphatic rings. The minimum absolute atomic E-state index is 0.00604. The van der Waals surface area contributed by atoms with Gasteiger partial charge in [-0.1, -0.05) is 0 Å². The van der Waals surface area contributed by atoms with Crippen molar-refractivity contribution in [2.75, 3.05) is 12.4 Å². The molecule has 0 atom stereocenters. The number of fused-ring (bicyclic) bond motifs is 1. The van der Waals surface area contributed by atoms with Gasteiger partial charge in [-0.05, 0) is 12.1 Å². The van der Waals surface area contributed by atoms with E-state index >= 15 is 0 Å². The monoisotopic (exact) mass is 264 g/mol. The van der Waals surface area contributed by atoms with Crippen LogP contribution in [0.25, 0.3) is 0 Å². The summed E-state index contributed by atoms with van der Waals surface area (Å²) < 4.78 is 43.3. The molecule has 0 saturated heterocycles. The molecular formula is C10H7F3O3S. The number of carbonyl (C=O) groups is 1. The third-order valence-electron chi connectivity index (χ3n) is 2.19. The van der Waals surface area contributed by atoms with Crippen LogP contribution < -0.4 is 4.74 Å². The van der Waals surface area contributed by atoms with Gasteiger partial charge in [0.05, 0.1) is 22.6 Å². The molecule has 7 heteroatoms. The Hall–Kier alpha value is -1.37. The molecule has 0 spiro atoms. The first-order valence-electron chi connectivity index (χ1n) is 4.63. The van der Waals surface area contributed by atoms with Crippen molar-refractivity contribution in [1.82, 2.24) is 0 Å². The average Bonchev–Trinajstić information content (AvgIpc) is 2.26. The van der Waals surface area contributed by atoms with Crippen molar-refractivity contribution < 1.29 is 27.8 Å². The highest BCUT2D eigenvalue weighted by Crippen LogP contribution is 2.44. The van der Waals surface area contributed by atoms with E-state index in [0.717, 1.165) is 17.8 Å². The number of halogens is 3. The van der Waals surface area contributed by atoms with Crippen molar-refractivity contribution in [3.63, 3.8) is 0 Å². The quantitative estimate of drug-likeness (QED) is 0.847. The molecule has 0 aliphatic carbocycles. The molecule has 0 radical (unpaired) electrons. The Morgan fingerprint density at radius 2 is 2.12 bits per heavy atom. The normalized spacial score (nSPS) is 15.0. The molecular weight excluding hydrogens is 257 g/mol. The van der Waals surface area contributed by atoms with E-state index in [4.69, 9.17) is 9.84 Å². The molecule has 2 rings (SSSR count). The van der Waals surface area contributed by atoms with E-state index in [1.165, 1.54) is 0 Å². The van der Waals surface area contributed by atoms with Crippen molar-refractivity contribution >= 4 is 17.7 Å². The molecule has 0 saturated carbocycles. The van der Waals surface area contributed by atoms with Crippen LogP contribution in [0.1, 0.15) is 15.9 Å². The number of ether oxygens (including phenoxy) is 1. The lowest BCUT2D eigenvalue weighted by atomic mass is 10.1. The van der Waals surface area contributed by atoms with Gasteiger partial charge in [0.2, 0.25) is 0 Å². The Morgan fingerprint density at radius 3 is 2.71 bits per heavy atom. The fourth-order valence-corrected chi connectivity index (χ4v) is 2.45. The minimum atomic E-state index is -4.58. The zero-order chi connectivity index (χ0) is 12.6. The summed E-state index contributed by atoms with van der Waals surface area (Å²) in [6, 6.07) is 1.77. The third kappa shape index (κ3) is 2.33. The molecule has 1 N–H and O–H groups in total. The summed E-state index contributed by atoms with van der Waals surface area (Å²) in [5.74, 6) is -0.992. The summed E-state index contributed by atoms with van der Waals surface area (Å²) >= 11 is 1.02. The van der Waals surface area contributed by atoms with E-state index in [0.29, 0.717) is 11.8 Å². The van der Waals surface area contributed by atoms with E-state index in [-0.39, 0.29) is 17.3 Å². The van der Waals surface area contributed by atoms with Crippen molar-refractivity contribution in [2.24, 2.45) is 0 Å². The molecule has 1 aromatic carbocycles. The van der Waals surface area contributed by atoms with Crippen LogP contribution in [0.15, 0.2) is 17.0 Å². The molecule has 92 valence electrons. The molecule has 0 bridgehead atoms. The van der Waals surface area contributed by atoms with Gasteiger partial charge < -0.3 is 9.84 Å². The SMILES string of the molecule is O=C(O)c1cc2c(c(C(F)(F)F)c1)SCCO2. The van der Waals surface area contributed by atoms with Gasteiger partial charge in [-0.3, -0.25) is 0 Å². The fraction of sp³-hybridized carbons (Fsp3) is 0.300. The van der Waals surface area contributed by atoms with Crippen molar-refractivity contribution in [2.45, 2.75) is 11.1 Å². The van der Waals surface area contributed by atoms with Crippen LogP contribution in [0.5, 0.6) is 5.75 Å². The molecule has 1 aromatic rings. The predicted molar refractivity (Wildman–Crippen MR) is 54.6 cm³/mol. The van der Waals surface area contributed by atoms with E-state index in [2.05, 4.69) is 0 Å². The first-order valence-corrected chi connectivity index (χ1v) is 5.62. The standard InChI is InChI=1S/C10H7F3O3S/c11-10(12,13)6-3-5(9(14)15)4-7-8(6)17-2-1-16-7/h3-4H,1-2H2,(H,14,15). The van der Waals surface area contributed by atoms with Crippen LogP contribution in [0, 0.1) is 0 Å². The summed E-state index contributed by atoms with van der Waals surface area (Å²) in [6.45, 7) is 0.276. The Morgan fingerprint density at radius 1 is 1.41 bits per heavy atom. The van der Waals surface area contributed by atoms with Gasteiger partial charge >= 0.3 is 12.1 Å². The number of rotatable bonds is 1. The van der Waals surface area contributed by atoms with Crippen LogP contribution in [-0.2, 0) is 6.18 Å². The lowest BCUT2D eigenvalue weighted by Crippen LogP contribution is -2.15. The van der Waals surface area contributed by atoms with Crippen LogP contribution in [0.4, 0.5) is 13.2 Å². The molecule has 0 aromatic heterocycles. The minimum Gasteiger partial charge on any atom is -0.492 e. The van der Waals surface area contributed by atoms with Crippen LogP contribution in [0.3, 0.4) is 0 Å². The summed E-state index contributed by atoms with van der Waals surface area (Å²) in [6.07, 6.45) is -4.58. The number of thioether (sulfide) groups is 1. The summed E-state index contributed by atoms with van der Waals surface area (Å²) in [4.78, 5) is 10.7.